The molecule has 2 rings (SSSR count). The first-order chi connectivity index (χ1) is 9.88. The normalized spacial score (nSPS) is 12.2. The Bertz CT molecular complexity index is 706. The van der Waals surface area contributed by atoms with Gasteiger partial charge in [0, 0.05) is 18.8 Å². The number of nitrogens with one attached hydrogen (secondary N) is 1. The predicted molar refractivity (Wildman–Crippen MR) is 88.6 cm³/mol. The Hall–Kier alpha value is -1.83. The lowest BCUT2D eigenvalue weighted by atomic mass is 10.2. The summed E-state index contributed by atoms with van der Waals surface area (Å²) in [5.41, 5.74) is 7.26. The van der Waals surface area contributed by atoms with Crippen LogP contribution in [0.25, 0.3) is 11.1 Å². The highest BCUT2D eigenvalue weighted by Gasteiger charge is 2.12. The van der Waals surface area contributed by atoms with Gasteiger partial charge in [0.15, 0.2) is 5.58 Å². The van der Waals surface area contributed by atoms with Crippen LogP contribution in [0.3, 0.4) is 0 Å². The molecule has 0 aliphatic heterocycles. The van der Waals surface area contributed by atoms with E-state index in [1.54, 1.807) is 29.7 Å². The van der Waals surface area contributed by atoms with Crippen LogP contribution in [0, 0.1) is 0 Å². The van der Waals surface area contributed by atoms with Crippen LogP contribution in [-0.4, -0.2) is 42.1 Å². The third-order valence-corrected chi connectivity index (χ3v) is 3.12. The number of carbonyl (C=O) groups excluding carboxylic acids is 1. The van der Waals surface area contributed by atoms with E-state index in [-0.39, 0.29) is 18.3 Å². The van der Waals surface area contributed by atoms with Crippen molar-refractivity contribution in [2.45, 2.75) is 19.5 Å². The first-order valence-electron chi connectivity index (χ1n) is 6.73. The van der Waals surface area contributed by atoms with Gasteiger partial charge in [0.25, 0.3) is 0 Å². The Kier molecular flexibility index (Phi) is 6.16. The number of aromatic nitrogens is 1. The molecule has 8 heteroatoms. The largest absolute Gasteiger partial charge is 0.419 e. The molecule has 0 fully saturated rings. The standard InChI is InChI=1S/C14H20N4O3.ClH/c1-9(15)13(19)16-10-4-5-12-11(8-10)18(14(20)21-12)7-6-17(2)3;/h4-5,8-9H,6-7,15H2,1-3H3,(H,16,19);1H. The molecule has 2 aromatic rings. The van der Waals surface area contributed by atoms with Gasteiger partial charge in [-0.05, 0) is 39.2 Å². The fourth-order valence-corrected chi connectivity index (χ4v) is 1.91. The van der Waals surface area contributed by atoms with Crippen LogP contribution >= 0.6 is 12.4 Å². The molecule has 0 bridgehead atoms. The minimum Gasteiger partial charge on any atom is -0.408 e. The molecular weight excluding hydrogens is 308 g/mol. The molecule has 1 atom stereocenters. The number of carbonyl (C=O) groups is 1. The number of halogens is 1. The van der Waals surface area contributed by atoms with Gasteiger partial charge in [0.2, 0.25) is 5.91 Å². The van der Waals surface area contributed by atoms with Gasteiger partial charge in [-0.2, -0.15) is 0 Å². The molecule has 0 aliphatic rings. The molecule has 3 N–H and O–H groups in total. The first-order valence-corrected chi connectivity index (χ1v) is 6.73. The third-order valence-electron chi connectivity index (χ3n) is 3.12. The van der Waals surface area contributed by atoms with Crippen LogP contribution in [0.5, 0.6) is 0 Å². The Morgan fingerprint density at radius 1 is 1.45 bits per heavy atom. The van der Waals surface area contributed by atoms with Crippen LogP contribution in [0.1, 0.15) is 6.92 Å². The second kappa shape index (κ2) is 7.44. The van der Waals surface area contributed by atoms with E-state index in [0.717, 1.165) is 0 Å². The summed E-state index contributed by atoms with van der Waals surface area (Å²) < 4.78 is 6.74. The number of likely N-dealkylation sites (N-methyl/N-ethyl adjacent to an activating group) is 1. The van der Waals surface area contributed by atoms with Gasteiger partial charge >= 0.3 is 5.76 Å². The van der Waals surface area contributed by atoms with Gasteiger partial charge in [-0.25, -0.2) is 4.79 Å². The Labute approximate surface area is 134 Å². The van der Waals surface area contributed by atoms with Crippen molar-refractivity contribution < 1.29 is 9.21 Å². The molecule has 1 amide bonds. The summed E-state index contributed by atoms with van der Waals surface area (Å²) in [6, 6.07) is 4.47. The number of fused-ring (bicyclic) bond motifs is 1. The number of benzene rings is 1. The molecule has 0 spiro atoms. The lowest BCUT2D eigenvalue weighted by Crippen LogP contribution is -2.32. The SMILES string of the molecule is CC(N)C(=O)Nc1ccc2oc(=O)n(CCN(C)C)c2c1.Cl. The summed E-state index contributed by atoms with van der Waals surface area (Å²) in [5.74, 6) is -0.678. The zero-order chi connectivity index (χ0) is 15.6. The minimum atomic E-state index is -0.596. The fraction of sp³-hybridized carbons (Fsp3) is 0.429. The molecule has 0 aliphatic carbocycles. The van der Waals surface area contributed by atoms with Gasteiger partial charge in [-0.15, -0.1) is 12.4 Å². The van der Waals surface area contributed by atoms with Crippen LogP contribution in [0.15, 0.2) is 27.4 Å². The maximum Gasteiger partial charge on any atom is 0.419 e. The number of hydrogen-bond donors (Lipinski definition) is 2. The van der Waals surface area contributed by atoms with E-state index < -0.39 is 11.8 Å². The number of oxazole rings is 1. The number of anilines is 1. The van der Waals surface area contributed by atoms with Crippen molar-refractivity contribution in [3.05, 3.63) is 28.7 Å². The first kappa shape index (κ1) is 18.2. The van der Waals surface area contributed by atoms with E-state index in [9.17, 15) is 9.59 Å². The average Bonchev–Trinajstić information content (AvgIpc) is 2.71. The van der Waals surface area contributed by atoms with Crippen LogP contribution in [0.4, 0.5) is 5.69 Å². The van der Waals surface area contributed by atoms with Gasteiger partial charge in [-0.3, -0.25) is 9.36 Å². The molecule has 0 saturated heterocycles. The lowest BCUT2D eigenvalue weighted by Gasteiger charge is -2.10. The van der Waals surface area contributed by atoms with E-state index in [0.29, 0.717) is 29.9 Å². The van der Waals surface area contributed by atoms with Gasteiger partial charge in [0.1, 0.15) is 0 Å². The van der Waals surface area contributed by atoms with Crippen molar-refractivity contribution in [1.29, 1.82) is 0 Å². The van der Waals surface area contributed by atoms with Crippen molar-refractivity contribution in [3.63, 3.8) is 0 Å². The molecule has 1 aromatic heterocycles. The summed E-state index contributed by atoms with van der Waals surface area (Å²) in [4.78, 5) is 25.5. The highest BCUT2D eigenvalue weighted by molar-refractivity contribution is 5.95. The quantitative estimate of drug-likeness (QED) is 0.849. The number of nitrogens with two attached hydrogens (primary N) is 1. The summed E-state index contributed by atoms with van der Waals surface area (Å²) in [6.07, 6.45) is 0. The smallest absolute Gasteiger partial charge is 0.408 e. The Morgan fingerprint density at radius 3 is 2.73 bits per heavy atom. The Morgan fingerprint density at radius 2 is 2.14 bits per heavy atom. The zero-order valence-electron chi connectivity index (χ0n) is 12.8. The zero-order valence-corrected chi connectivity index (χ0v) is 13.6. The summed E-state index contributed by atoms with van der Waals surface area (Å²) in [6.45, 7) is 2.84. The second-order valence-corrected chi connectivity index (χ2v) is 5.28. The van der Waals surface area contributed by atoms with Crippen molar-refractivity contribution in [2.24, 2.45) is 5.73 Å². The monoisotopic (exact) mass is 328 g/mol. The van der Waals surface area contributed by atoms with E-state index in [4.69, 9.17) is 10.2 Å². The van der Waals surface area contributed by atoms with E-state index in [2.05, 4.69) is 5.32 Å². The van der Waals surface area contributed by atoms with Crippen LogP contribution in [-0.2, 0) is 11.3 Å². The lowest BCUT2D eigenvalue weighted by molar-refractivity contribution is -0.117. The second-order valence-electron chi connectivity index (χ2n) is 5.28. The molecule has 122 valence electrons. The van der Waals surface area contributed by atoms with Crippen LogP contribution in [0.2, 0.25) is 0 Å². The molecule has 1 aromatic carbocycles. The summed E-state index contributed by atoms with van der Waals surface area (Å²) >= 11 is 0. The molecular formula is C14H21ClN4O3. The van der Waals surface area contributed by atoms with Gasteiger partial charge in [-0.1, -0.05) is 0 Å². The van der Waals surface area contributed by atoms with Gasteiger partial charge < -0.3 is 20.4 Å². The van der Waals surface area contributed by atoms with Crippen molar-refractivity contribution >= 4 is 35.1 Å². The Balaban J connectivity index is 0.00000242. The molecule has 0 radical (unpaired) electrons. The number of amides is 1. The van der Waals surface area contributed by atoms with E-state index in [1.807, 2.05) is 19.0 Å². The predicted octanol–water partition coefficient (Wildman–Crippen LogP) is 0.864. The van der Waals surface area contributed by atoms with E-state index in [1.165, 1.54) is 0 Å². The van der Waals surface area contributed by atoms with Crippen molar-refractivity contribution in [1.82, 2.24) is 9.47 Å². The third kappa shape index (κ3) is 4.09. The van der Waals surface area contributed by atoms with Crippen molar-refractivity contribution in [3.8, 4) is 0 Å². The minimum absolute atomic E-state index is 0. The maximum absolute atomic E-state index is 11.9. The molecule has 7 nitrogen and oxygen atoms in total. The molecule has 22 heavy (non-hydrogen) atoms. The fourth-order valence-electron chi connectivity index (χ4n) is 1.91. The topological polar surface area (TPSA) is 93.5 Å². The highest BCUT2D eigenvalue weighted by atomic mass is 35.5. The molecule has 1 heterocycles. The molecule has 1 unspecified atom stereocenters. The summed E-state index contributed by atoms with van der Waals surface area (Å²) in [5, 5.41) is 2.70. The van der Waals surface area contributed by atoms with Crippen LogP contribution < -0.4 is 16.8 Å². The average molecular weight is 329 g/mol. The highest BCUT2D eigenvalue weighted by Crippen LogP contribution is 2.18. The number of rotatable bonds is 5. The van der Waals surface area contributed by atoms with E-state index >= 15 is 0 Å². The molecule has 0 saturated carbocycles. The maximum atomic E-state index is 11.9. The number of hydrogen-bond acceptors (Lipinski definition) is 5. The van der Waals surface area contributed by atoms with Gasteiger partial charge in [0.05, 0.1) is 11.6 Å². The summed E-state index contributed by atoms with van der Waals surface area (Å²) in [7, 11) is 3.86. The van der Waals surface area contributed by atoms with Crippen molar-refractivity contribution in [2.75, 3.05) is 26.0 Å². The number of nitrogens with zero attached hydrogens (tertiary/aromatic N) is 2.